The molecule has 0 radical (unpaired) electrons. The number of pyridine rings is 1. The lowest BCUT2D eigenvalue weighted by Crippen LogP contribution is -2.52. The highest BCUT2D eigenvalue weighted by molar-refractivity contribution is 7.88. The number of likely N-dealkylation sites (tertiary alicyclic amines) is 1. The molecule has 1 N–H and O–H groups in total. The predicted molar refractivity (Wildman–Crippen MR) is 85.6 cm³/mol. The van der Waals surface area contributed by atoms with Gasteiger partial charge in [0.25, 0.3) is 11.5 Å². The molecule has 1 aromatic rings. The van der Waals surface area contributed by atoms with E-state index in [1.54, 1.807) is 30.3 Å². The number of hydrogen-bond acceptors (Lipinski definition) is 4. The molecule has 3 rings (SSSR count). The van der Waals surface area contributed by atoms with Crippen LogP contribution >= 0.6 is 0 Å². The second-order valence-corrected chi connectivity index (χ2v) is 8.59. The number of nitrogens with one attached hydrogen (secondary N) is 1. The van der Waals surface area contributed by atoms with Gasteiger partial charge in [0.05, 0.1) is 6.26 Å². The normalized spacial score (nSPS) is 27.2. The highest BCUT2D eigenvalue weighted by Gasteiger charge is 2.50. The van der Waals surface area contributed by atoms with Crippen molar-refractivity contribution < 1.29 is 13.2 Å². The first kappa shape index (κ1) is 16.2. The number of rotatable bonds is 3. The van der Waals surface area contributed by atoms with E-state index in [1.165, 1.54) is 4.57 Å². The largest absolute Gasteiger partial charge is 0.338 e. The van der Waals surface area contributed by atoms with Crippen molar-refractivity contribution in [3.05, 3.63) is 34.2 Å². The molecule has 1 saturated heterocycles. The molecule has 0 bridgehead atoms. The molecule has 2 fully saturated rings. The molecule has 7 nitrogen and oxygen atoms in total. The zero-order valence-electron chi connectivity index (χ0n) is 13.3. The van der Waals surface area contributed by atoms with Crippen LogP contribution in [0.5, 0.6) is 0 Å². The Bertz CT molecular complexity index is 793. The Kier molecular flexibility index (Phi) is 3.84. The van der Waals surface area contributed by atoms with E-state index in [0.717, 1.165) is 25.5 Å². The summed E-state index contributed by atoms with van der Waals surface area (Å²) in [7, 11) is -1.57. The number of nitrogens with zero attached hydrogens (tertiary/aromatic N) is 2. The van der Waals surface area contributed by atoms with Crippen molar-refractivity contribution >= 4 is 15.9 Å². The third-order valence-corrected chi connectivity index (χ3v) is 5.58. The third kappa shape index (κ3) is 3.18. The zero-order valence-corrected chi connectivity index (χ0v) is 14.1. The van der Waals surface area contributed by atoms with Gasteiger partial charge in [-0.25, -0.2) is 13.1 Å². The molecule has 0 atom stereocenters. The average molecular weight is 339 g/mol. The van der Waals surface area contributed by atoms with Crippen LogP contribution < -0.4 is 10.3 Å². The topological polar surface area (TPSA) is 88.5 Å². The molecule has 126 valence electrons. The van der Waals surface area contributed by atoms with Crippen LogP contribution in [-0.4, -0.2) is 49.2 Å². The van der Waals surface area contributed by atoms with Gasteiger partial charge in [-0.2, -0.15) is 0 Å². The molecular formula is C15H21N3O4S. The molecule has 8 heteroatoms. The van der Waals surface area contributed by atoms with E-state index in [-0.39, 0.29) is 28.5 Å². The Morgan fingerprint density at radius 1 is 1.39 bits per heavy atom. The van der Waals surface area contributed by atoms with Crippen LogP contribution in [0.2, 0.25) is 0 Å². The Balaban J connectivity index is 1.66. The molecule has 2 heterocycles. The van der Waals surface area contributed by atoms with Gasteiger partial charge in [-0.3, -0.25) is 9.59 Å². The standard InChI is InChI=1S/C15H21N3O4S/c1-17-6-3-4-12(13(17)19)14(20)18-7-5-15(10-18)8-11(9-15)16-23(2,21)22/h3-4,6,11,16H,5,7-10H2,1-2H3. The van der Waals surface area contributed by atoms with Crippen LogP contribution in [0, 0.1) is 5.41 Å². The molecule has 1 aliphatic heterocycles. The summed E-state index contributed by atoms with van der Waals surface area (Å²) in [5.74, 6) is -0.234. The third-order valence-electron chi connectivity index (χ3n) is 4.82. The molecule has 1 amide bonds. The van der Waals surface area contributed by atoms with E-state index in [4.69, 9.17) is 0 Å². The number of carbonyl (C=O) groups is 1. The van der Waals surface area contributed by atoms with Crippen molar-refractivity contribution in [2.45, 2.75) is 25.3 Å². The number of amides is 1. The highest BCUT2D eigenvalue weighted by atomic mass is 32.2. The van der Waals surface area contributed by atoms with E-state index < -0.39 is 10.0 Å². The van der Waals surface area contributed by atoms with E-state index >= 15 is 0 Å². The van der Waals surface area contributed by atoms with Crippen LogP contribution in [0.25, 0.3) is 0 Å². The van der Waals surface area contributed by atoms with E-state index in [0.29, 0.717) is 13.1 Å². The molecule has 0 aromatic carbocycles. The maximum Gasteiger partial charge on any atom is 0.263 e. The maximum atomic E-state index is 12.6. The number of aromatic nitrogens is 1. The van der Waals surface area contributed by atoms with Crippen molar-refractivity contribution in [2.24, 2.45) is 12.5 Å². The fourth-order valence-corrected chi connectivity index (χ4v) is 4.52. The molecule has 1 aromatic heterocycles. The second kappa shape index (κ2) is 5.45. The maximum absolute atomic E-state index is 12.6. The number of sulfonamides is 1. The molecule has 23 heavy (non-hydrogen) atoms. The van der Waals surface area contributed by atoms with Gasteiger partial charge in [0, 0.05) is 32.4 Å². The van der Waals surface area contributed by atoms with Crippen LogP contribution in [0.4, 0.5) is 0 Å². The summed E-state index contributed by atoms with van der Waals surface area (Å²) in [6.45, 7) is 1.20. The average Bonchev–Trinajstić information content (AvgIpc) is 2.84. The Morgan fingerprint density at radius 3 is 2.74 bits per heavy atom. The van der Waals surface area contributed by atoms with Gasteiger partial charge in [0.15, 0.2) is 0 Å². The fraction of sp³-hybridized carbons (Fsp3) is 0.600. The summed E-state index contributed by atoms with van der Waals surface area (Å²) in [5.41, 5.74) is -0.0984. The van der Waals surface area contributed by atoms with Crippen LogP contribution in [0.1, 0.15) is 29.6 Å². The minimum Gasteiger partial charge on any atom is -0.338 e. The van der Waals surface area contributed by atoms with E-state index in [1.807, 2.05) is 0 Å². The lowest BCUT2D eigenvalue weighted by atomic mass is 9.65. The highest BCUT2D eigenvalue weighted by Crippen LogP contribution is 2.48. The molecule has 0 unspecified atom stereocenters. The lowest BCUT2D eigenvalue weighted by Gasteiger charge is -2.45. The van der Waals surface area contributed by atoms with Crippen molar-refractivity contribution in [3.8, 4) is 0 Å². The first-order chi connectivity index (χ1) is 10.7. The van der Waals surface area contributed by atoms with Crippen molar-refractivity contribution in [2.75, 3.05) is 19.3 Å². The van der Waals surface area contributed by atoms with Crippen LogP contribution in [0.3, 0.4) is 0 Å². The van der Waals surface area contributed by atoms with Crippen LogP contribution in [0.15, 0.2) is 23.1 Å². The fourth-order valence-electron chi connectivity index (χ4n) is 3.74. The smallest absolute Gasteiger partial charge is 0.263 e. The minimum atomic E-state index is -3.19. The van der Waals surface area contributed by atoms with Gasteiger partial charge in [-0.15, -0.1) is 0 Å². The Morgan fingerprint density at radius 2 is 2.09 bits per heavy atom. The van der Waals surface area contributed by atoms with Gasteiger partial charge >= 0.3 is 0 Å². The van der Waals surface area contributed by atoms with Gasteiger partial charge in [0.2, 0.25) is 10.0 Å². The van der Waals surface area contributed by atoms with Gasteiger partial charge in [-0.1, -0.05) is 0 Å². The van der Waals surface area contributed by atoms with Crippen molar-refractivity contribution in [1.82, 2.24) is 14.2 Å². The van der Waals surface area contributed by atoms with Crippen LogP contribution in [-0.2, 0) is 17.1 Å². The molecule has 1 aliphatic carbocycles. The quantitative estimate of drug-likeness (QED) is 0.835. The summed E-state index contributed by atoms with van der Waals surface area (Å²) >= 11 is 0. The van der Waals surface area contributed by atoms with Crippen molar-refractivity contribution in [3.63, 3.8) is 0 Å². The summed E-state index contributed by atoms with van der Waals surface area (Å²) in [4.78, 5) is 26.3. The first-order valence-electron chi connectivity index (χ1n) is 7.61. The second-order valence-electron chi connectivity index (χ2n) is 6.81. The number of aryl methyl sites for hydroxylation is 1. The zero-order chi connectivity index (χ0) is 16.8. The summed E-state index contributed by atoms with van der Waals surface area (Å²) < 4.78 is 26.5. The van der Waals surface area contributed by atoms with E-state index in [9.17, 15) is 18.0 Å². The molecule has 1 saturated carbocycles. The van der Waals surface area contributed by atoms with Gasteiger partial charge in [0.1, 0.15) is 5.56 Å². The summed E-state index contributed by atoms with van der Waals surface area (Å²) in [6.07, 6.45) is 5.13. The summed E-state index contributed by atoms with van der Waals surface area (Å²) in [6, 6.07) is 3.21. The van der Waals surface area contributed by atoms with Gasteiger partial charge in [-0.05, 0) is 36.8 Å². The minimum absolute atomic E-state index is 0.00195. The summed E-state index contributed by atoms with van der Waals surface area (Å²) in [5, 5.41) is 0. The van der Waals surface area contributed by atoms with Gasteiger partial charge < -0.3 is 9.47 Å². The van der Waals surface area contributed by atoms with E-state index in [2.05, 4.69) is 4.72 Å². The number of hydrogen-bond donors (Lipinski definition) is 1. The first-order valence-corrected chi connectivity index (χ1v) is 9.51. The molecule has 2 aliphatic rings. The Hall–Kier alpha value is -1.67. The SMILES string of the molecule is Cn1cccc(C(=O)N2CCC3(CC(NS(C)(=O)=O)C3)C2)c1=O. The predicted octanol–water partition coefficient (Wildman–Crippen LogP) is -0.0708. The van der Waals surface area contributed by atoms with Crippen molar-refractivity contribution in [1.29, 1.82) is 0 Å². The number of carbonyl (C=O) groups excluding carboxylic acids is 1. The molecular weight excluding hydrogens is 318 g/mol. The lowest BCUT2D eigenvalue weighted by molar-refractivity contribution is 0.0686. The monoisotopic (exact) mass is 339 g/mol. The molecule has 1 spiro atoms. The Labute approximate surface area is 135 Å².